The zero-order chi connectivity index (χ0) is 24.4. The van der Waals surface area contributed by atoms with Crippen molar-refractivity contribution in [3.8, 4) is 17.2 Å². The molecule has 2 atom stereocenters. The Morgan fingerprint density at radius 1 is 0.939 bits per heavy atom. The SMILES string of the molecule is CCN(CC)C(CNC(=O)C(C)NC(=O)c1cc(OC)c(OC)c(OC)c1)c1ccccc1. The van der Waals surface area contributed by atoms with Gasteiger partial charge in [0, 0.05) is 12.1 Å². The topological polar surface area (TPSA) is 89.1 Å². The first-order valence-electron chi connectivity index (χ1n) is 11.1. The molecule has 2 amide bonds. The number of ether oxygens (including phenoxy) is 3. The first kappa shape index (κ1) is 26.0. The van der Waals surface area contributed by atoms with E-state index in [-0.39, 0.29) is 11.9 Å². The molecule has 180 valence electrons. The van der Waals surface area contributed by atoms with Gasteiger partial charge >= 0.3 is 0 Å². The number of likely N-dealkylation sites (N-methyl/N-ethyl adjacent to an activating group) is 1. The summed E-state index contributed by atoms with van der Waals surface area (Å²) in [5, 5.41) is 5.73. The van der Waals surface area contributed by atoms with Gasteiger partial charge < -0.3 is 24.8 Å². The van der Waals surface area contributed by atoms with E-state index in [4.69, 9.17) is 14.2 Å². The zero-order valence-electron chi connectivity index (χ0n) is 20.3. The number of benzene rings is 2. The highest BCUT2D eigenvalue weighted by Gasteiger charge is 2.23. The highest BCUT2D eigenvalue weighted by atomic mass is 16.5. The summed E-state index contributed by atoms with van der Waals surface area (Å²) in [5.41, 5.74) is 1.44. The van der Waals surface area contributed by atoms with Gasteiger partial charge in [0.25, 0.3) is 5.91 Å². The standard InChI is InChI=1S/C25H35N3O5/c1-7-28(8-2)20(18-12-10-9-11-13-18)16-26-24(29)17(3)27-25(30)19-14-21(31-4)23(33-6)22(15-19)32-5/h9-15,17,20H,7-8,16H2,1-6H3,(H,26,29)(H,27,30). The fourth-order valence-corrected chi connectivity index (χ4v) is 3.71. The Labute approximate surface area is 196 Å². The molecule has 0 aliphatic heterocycles. The van der Waals surface area contributed by atoms with Crippen LogP contribution in [0, 0.1) is 0 Å². The number of amides is 2. The number of rotatable bonds is 12. The van der Waals surface area contributed by atoms with E-state index in [0.29, 0.717) is 29.4 Å². The number of carbonyl (C=O) groups is 2. The summed E-state index contributed by atoms with van der Waals surface area (Å²) in [6, 6.07) is 12.5. The number of carbonyl (C=O) groups excluding carboxylic acids is 2. The Morgan fingerprint density at radius 3 is 2.00 bits per heavy atom. The number of hydrogen-bond donors (Lipinski definition) is 2. The van der Waals surface area contributed by atoms with Crippen molar-refractivity contribution in [2.24, 2.45) is 0 Å². The Morgan fingerprint density at radius 2 is 1.52 bits per heavy atom. The van der Waals surface area contributed by atoms with Crippen LogP contribution >= 0.6 is 0 Å². The predicted octanol–water partition coefficient (Wildman–Crippen LogP) is 3.03. The van der Waals surface area contributed by atoms with Gasteiger partial charge in [0.15, 0.2) is 11.5 Å². The van der Waals surface area contributed by atoms with E-state index in [1.165, 1.54) is 21.3 Å². The lowest BCUT2D eigenvalue weighted by Gasteiger charge is -2.30. The van der Waals surface area contributed by atoms with Crippen LogP contribution in [0.15, 0.2) is 42.5 Å². The summed E-state index contributed by atoms with van der Waals surface area (Å²) in [6.45, 7) is 8.01. The van der Waals surface area contributed by atoms with Crippen LogP contribution in [0.1, 0.15) is 42.7 Å². The van der Waals surface area contributed by atoms with Crippen LogP contribution in [0.2, 0.25) is 0 Å². The van der Waals surface area contributed by atoms with Gasteiger partial charge in [0.2, 0.25) is 11.7 Å². The van der Waals surface area contributed by atoms with Gasteiger partial charge in [-0.15, -0.1) is 0 Å². The third-order valence-corrected chi connectivity index (χ3v) is 5.57. The third-order valence-electron chi connectivity index (χ3n) is 5.57. The van der Waals surface area contributed by atoms with Gasteiger partial charge in [-0.1, -0.05) is 44.2 Å². The maximum atomic E-state index is 12.8. The van der Waals surface area contributed by atoms with E-state index < -0.39 is 11.9 Å². The maximum Gasteiger partial charge on any atom is 0.252 e. The van der Waals surface area contributed by atoms with E-state index in [1.807, 2.05) is 18.2 Å². The van der Waals surface area contributed by atoms with Gasteiger partial charge in [0.05, 0.1) is 27.4 Å². The summed E-state index contributed by atoms with van der Waals surface area (Å²) in [5.74, 6) is 0.447. The maximum absolute atomic E-state index is 12.8. The Balaban J connectivity index is 2.08. The summed E-state index contributed by atoms with van der Waals surface area (Å²) in [4.78, 5) is 27.9. The van der Waals surface area contributed by atoms with Crippen LogP contribution in [0.3, 0.4) is 0 Å². The second-order valence-corrected chi connectivity index (χ2v) is 7.50. The van der Waals surface area contributed by atoms with Gasteiger partial charge in [0.1, 0.15) is 6.04 Å². The minimum atomic E-state index is -0.732. The predicted molar refractivity (Wildman–Crippen MR) is 128 cm³/mol. The van der Waals surface area contributed by atoms with Gasteiger partial charge in [-0.2, -0.15) is 0 Å². The summed E-state index contributed by atoms with van der Waals surface area (Å²) >= 11 is 0. The minimum absolute atomic E-state index is 0.0446. The van der Waals surface area contributed by atoms with E-state index >= 15 is 0 Å². The molecule has 0 aromatic heterocycles. The van der Waals surface area contributed by atoms with Gasteiger partial charge in [-0.25, -0.2) is 0 Å². The molecule has 0 spiro atoms. The van der Waals surface area contributed by atoms with Crippen molar-refractivity contribution in [1.82, 2.24) is 15.5 Å². The number of nitrogens with zero attached hydrogens (tertiary/aromatic N) is 1. The molecule has 0 aliphatic carbocycles. The molecule has 2 unspecified atom stereocenters. The van der Waals surface area contributed by atoms with Gasteiger partial charge in [-0.3, -0.25) is 14.5 Å². The summed E-state index contributed by atoms with van der Waals surface area (Å²) in [6.07, 6.45) is 0. The highest BCUT2D eigenvalue weighted by Crippen LogP contribution is 2.38. The number of hydrogen-bond acceptors (Lipinski definition) is 6. The molecule has 0 aliphatic rings. The molecular weight excluding hydrogens is 422 g/mol. The largest absolute Gasteiger partial charge is 0.493 e. The highest BCUT2D eigenvalue weighted by molar-refractivity contribution is 5.98. The quantitative estimate of drug-likeness (QED) is 0.509. The summed E-state index contributed by atoms with van der Waals surface area (Å²) in [7, 11) is 4.45. The van der Waals surface area contributed by atoms with E-state index in [2.05, 4.69) is 41.5 Å². The molecule has 8 heteroatoms. The number of methoxy groups -OCH3 is 3. The van der Waals surface area contributed by atoms with Crippen LogP contribution in [0.5, 0.6) is 17.2 Å². The molecule has 2 aromatic carbocycles. The first-order chi connectivity index (χ1) is 15.9. The van der Waals surface area contributed by atoms with Crippen LogP contribution < -0.4 is 24.8 Å². The molecule has 2 N–H and O–H groups in total. The number of nitrogens with one attached hydrogen (secondary N) is 2. The average molecular weight is 458 g/mol. The van der Waals surface area contributed by atoms with Crippen molar-refractivity contribution >= 4 is 11.8 Å². The van der Waals surface area contributed by atoms with Crippen molar-refractivity contribution in [3.63, 3.8) is 0 Å². The van der Waals surface area contributed by atoms with Crippen LogP contribution in [0.25, 0.3) is 0 Å². The lowest BCUT2D eigenvalue weighted by molar-refractivity contribution is -0.122. The average Bonchev–Trinajstić information content (AvgIpc) is 2.85. The molecule has 33 heavy (non-hydrogen) atoms. The van der Waals surface area contributed by atoms with Crippen molar-refractivity contribution in [2.75, 3.05) is 41.0 Å². The van der Waals surface area contributed by atoms with Crippen LogP contribution in [0.4, 0.5) is 0 Å². The summed E-state index contributed by atoms with van der Waals surface area (Å²) < 4.78 is 15.9. The van der Waals surface area contributed by atoms with Gasteiger partial charge in [-0.05, 0) is 37.7 Å². The van der Waals surface area contributed by atoms with E-state index in [9.17, 15) is 9.59 Å². The Hall–Kier alpha value is -3.26. The smallest absolute Gasteiger partial charge is 0.252 e. The molecule has 0 bridgehead atoms. The molecule has 2 aromatic rings. The molecule has 0 saturated carbocycles. The molecule has 0 heterocycles. The normalized spacial score (nSPS) is 12.6. The minimum Gasteiger partial charge on any atom is -0.493 e. The zero-order valence-corrected chi connectivity index (χ0v) is 20.3. The van der Waals surface area contributed by atoms with Crippen molar-refractivity contribution in [2.45, 2.75) is 32.9 Å². The molecule has 2 rings (SSSR count). The molecule has 0 fully saturated rings. The van der Waals surface area contributed by atoms with Crippen molar-refractivity contribution < 1.29 is 23.8 Å². The first-order valence-corrected chi connectivity index (χ1v) is 11.1. The van der Waals surface area contributed by atoms with Crippen molar-refractivity contribution in [1.29, 1.82) is 0 Å². The lowest BCUT2D eigenvalue weighted by atomic mass is 10.0. The molecule has 0 radical (unpaired) electrons. The van der Waals surface area contributed by atoms with Crippen LogP contribution in [-0.4, -0.2) is 63.7 Å². The molecular formula is C25H35N3O5. The Bertz CT molecular complexity index is 891. The molecule has 0 saturated heterocycles. The second kappa shape index (κ2) is 12.7. The van der Waals surface area contributed by atoms with E-state index in [1.54, 1.807) is 19.1 Å². The molecule has 8 nitrogen and oxygen atoms in total. The third kappa shape index (κ3) is 6.61. The fourth-order valence-electron chi connectivity index (χ4n) is 3.71. The fraction of sp³-hybridized carbons (Fsp3) is 0.440. The monoisotopic (exact) mass is 457 g/mol. The van der Waals surface area contributed by atoms with Crippen molar-refractivity contribution in [3.05, 3.63) is 53.6 Å². The van der Waals surface area contributed by atoms with E-state index in [0.717, 1.165) is 18.7 Å². The second-order valence-electron chi connectivity index (χ2n) is 7.50. The lowest BCUT2D eigenvalue weighted by Crippen LogP contribution is -2.47. The van der Waals surface area contributed by atoms with Crippen LogP contribution in [-0.2, 0) is 4.79 Å². The Kier molecular flexibility index (Phi) is 10.00.